The molecule has 1 aliphatic rings. The van der Waals surface area contributed by atoms with Crippen LogP contribution in [0.15, 0.2) is 77.8 Å². The van der Waals surface area contributed by atoms with Gasteiger partial charge in [0.15, 0.2) is 0 Å². The highest BCUT2D eigenvalue weighted by molar-refractivity contribution is 6.36. The predicted molar refractivity (Wildman–Crippen MR) is 108 cm³/mol. The zero-order chi connectivity index (χ0) is 17.2. The van der Waals surface area contributed by atoms with Gasteiger partial charge in [-0.15, -0.1) is 0 Å². The van der Waals surface area contributed by atoms with Crippen molar-refractivity contribution in [3.8, 4) is 0 Å². The van der Waals surface area contributed by atoms with Crippen molar-refractivity contribution in [1.29, 1.82) is 0 Å². The second-order valence-corrected chi connectivity index (χ2v) is 6.51. The summed E-state index contributed by atoms with van der Waals surface area (Å²) in [6.07, 6.45) is 2.14. The summed E-state index contributed by atoms with van der Waals surface area (Å²) in [5, 5.41) is 4.19. The average Bonchev–Trinajstić information content (AvgIpc) is 2.96. The van der Waals surface area contributed by atoms with Crippen molar-refractivity contribution >= 4 is 40.5 Å². The van der Waals surface area contributed by atoms with E-state index in [1.54, 1.807) is 0 Å². The number of hydrogen-bond donors (Lipinski definition) is 1. The fourth-order valence-corrected chi connectivity index (χ4v) is 2.97. The van der Waals surface area contributed by atoms with Gasteiger partial charge in [-0.25, -0.2) is 4.99 Å². The van der Waals surface area contributed by atoms with Crippen LogP contribution in [0.5, 0.6) is 0 Å². The molecule has 25 heavy (non-hydrogen) atoms. The molecule has 0 saturated heterocycles. The lowest BCUT2D eigenvalue weighted by molar-refractivity contribution is 1.46. The Kier molecular flexibility index (Phi) is 4.12. The van der Waals surface area contributed by atoms with Gasteiger partial charge < -0.3 is 5.32 Å². The Morgan fingerprint density at radius 1 is 0.880 bits per heavy atom. The van der Waals surface area contributed by atoms with Crippen molar-refractivity contribution in [1.82, 2.24) is 0 Å². The molecule has 0 unspecified atom stereocenters. The smallest absolute Gasteiger partial charge is 0.139 e. The Morgan fingerprint density at radius 3 is 2.36 bits per heavy atom. The molecule has 122 valence electrons. The van der Waals surface area contributed by atoms with Gasteiger partial charge in [0.1, 0.15) is 5.84 Å². The van der Waals surface area contributed by atoms with Crippen molar-refractivity contribution in [3.63, 3.8) is 0 Å². The molecule has 0 spiro atoms. The average molecular weight is 345 g/mol. The van der Waals surface area contributed by atoms with Crippen LogP contribution in [-0.2, 0) is 0 Å². The number of halogens is 1. The minimum Gasteiger partial charge on any atom is -0.340 e. The van der Waals surface area contributed by atoms with Crippen LogP contribution in [-0.4, -0.2) is 5.84 Å². The molecule has 3 aromatic carbocycles. The van der Waals surface area contributed by atoms with Crippen LogP contribution in [0.3, 0.4) is 0 Å². The van der Waals surface area contributed by atoms with E-state index >= 15 is 0 Å². The molecule has 0 bridgehead atoms. The number of benzene rings is 3. The predicted octanol–water partition coefficient (Wildman–Crippen LogP) is 6.34. The lowest BCUT2D eigenvalue weighted by atomic mass is 10.0. The second-order valence-electron chi connectivity index (χ2n) is 6.08. The van der Waals surface area contributed by atoms with Gasteiger partial charge in [0.05, 0.1) is 5.69 Å². The quantitative estimate of drug-likeness (QED) is 0.576. The zero-order valence-corrected chi connectivity index (χ0v) is 14.6. The number of nitrogens with one attached hydrogen (secondary N) is 1. The first-order valence-corrected chi connectivity index (χ1v) is 8.56. The SMILES string of the molecule is Cc1ccc(NC2=Nc3ccccc3/C2=C/c2ccc(Cl)cc2)cc1. The number of amidine groups is 1. The molecule has 0 aliphatic carbocycles. The number of aryl methyl sites for hydroxylation is 1. The Hall–Kier alpha value is -2.84. The van der Waals surface area contributed by atoms with E-state index in [2.05, 4.69) is 48.6 Å². The van der Waals surface area contributed by atoms with Crippen LogP contribution in [0.2, 0.25) is 5.02 Å². The summed E-state index contributed by atoms with van der Waals surface area (Å²) >= 11 is 6.00. The first-order valence-electron chi connectivity index (χ1n) is 8.18. The molecule has 3 aromatic rings. The molecule has 0 radical (unpaired) electrons. The van der Waals surface area contributed by atoms with Crippen molar-refractivity contribution in [2.75, 3.05) is 5.32 Å². The van der Waals surface area contributed by atoms with E-state index in [1.807, 2.05) is 42.5 Å². The summed E-state index contributed by atoms with van der Waals surface area (Å²) < 4.78 is 0. The Labute approximate surface area is 152 Å². The zero-order valence-electron chi connectivity index (χ0n) is 13.8. The fourth-order valence-electron chi connectivity index (χ4n) is 2.85. The normalized spacial score (nSPS) is 14.3. The van der Waals surface area contributed by atoms with Gasteiger partial charge in [0.25, 0.3) is 0 Å². The maximum atomic E-state index is 6.00. The number of anilines is 1. The molecule has 0 aromatic heterocycles. The summed E-state index contributed by atoms with van der Waals surface area (Å²) in [4.78, 5) is 4.78. The first kappa shape index (κ1) is 15.7. The summed E-state index contributed by atoms with van der Waals surface area (Å²) in [5.74, 6) is 0.861. The van der Waals surface area contributed by atoms with Crippen LogP contribution in [0, 0.1) is 6.92 Å². The van der Waals surface area contributed by atoms with Crippen LogP contribution in [0.1, 0.15) is 16.7 Å². The van der Waals surface area contributed by atoms with E-state index in [-0.39, 0.29) is 0 Å². The van der Waals surface area contributed by atoms with Gasteiger partial charge in [0.2, 0.25) is 0 Å². The van der Waals surface area contributed by atoms with E-state index in [0.717, 1.165) is 38.9 Å². The molecule has 0 atom stereocenters. The van der Waals surface area contributed by atoms with E-state index < -0.39 is 0 Å². The van der Waals surface area contributed by atoms with Crippen molar-refractivity contribution in [2.45, 2.75) is 6.92 Å². The van der Waals surface area contributed by atoms with Crippen molar-refractivity contribution in [2.24, 2.45) is 4.99 Å². The molecule has 0 saturated carbocycles. The Bertz CT molecular complexity index is 968. The van der Waals surface area contributed by atoms with Gasteiger partial charge in [-0.05, 0) is 48.9 Å². The third kappa shape index (κ3) is 3.35. The van der Waals surface area contributed by atoms with Crippen LogP contribution < -0.4 is 5.32 Å². The second kappa shape index (κ2) is 6.58. The molecule has 3 heteroatoms. The van der Waals surface area contributed by atoms with E-state index in [0.29, 0.717) is 0 Å². The molecule has 4 rings (SSSR count). The molecule has 1 aliphatic heterocycles. The number of para-hydroxylation sites is 1. The fraction of sp³-hybridized carbons (Fsp3) is 0.0455. The number of aliphatic imine (C=N–C) groups is 1. The van der Waals surface area contributed by atoms with Gasteiger partial charge in [-0.1, -0.05) is 59.6 Å². The number of rotatable bonds is 2. The molecular weight excluding hydrogens is 328 g/mol. The Morgan fingerprint density at radius 2 is 1.60 bits per heavy atom. The van der Waals surface area contributed by atoms with E-state index in [9.17, 15) is 0 Å². The summed E-state index contributed by atoms with van der Waals surface area (Å²) in [5.41, 5.74) is 6.55. The third-order valence-corrected chi connectivity index (χ3v) is 4.43. The molecule has 0 fully saturated rings. The standard InChI is InChI=1S/C22H17ClN2/c1-15-6-12-18(13-7-15)24-22-20(14-16-8-10-17(23)11-9-16)19-4-2-3-5-21(19)25-22/h2-14H,1H3,(H,24,25)/b20-14-. The summed E-state index contributed by atoms with van der Waals surface area (Å²) in [6, 6.07) is 24.3. The molecule has 1 N–H and O–H groups in total. The number of fused-ring (bicyclic) bond motifs is 1. The third-order valence-electron chi connectivity index (χ3n) is 4.18. The van der Waals surface area contributed by atoms with Gasteiger partial charge in [-0.2, -0.15) is 0 Å². The van der Waals surface area contributed by atoms with Crippen LogP contribution in [0.25, 0.3) is 11.6 Å². The number of nitrogens with zero attached hydrogens (tertiary/aromatic N) is 1. The summed E-state index contributed by atoms with van der Waals surface area (Å²) in [6.45, 7) is 2.08. The minimum absolute atomic E-state index is 0.737. The highest BCUT2D eigenvalue weighted by Gasteiger charge is 2.20. The van der Waals surface area contributed by atoms with Gasteiger partial charge >= 0.3 is 0 Å². The minimum atomic E-state index is 0.737. The van der Waals surface area contributed by atoms with E-state index in [4.69, 9.17) is 16.6 Å². The Balaban J connectivity index is 1.74. The molecule has 1 heterocycles. The van der Waals surface area contributed by atoms with Crippen LogP contribution in [0.4, 0.5) is 11.4 Å². The van der Waals surface area contributed by atoms with Gasteiger partial charge in [-0.3, -0.25) is 0 Å². The molecular formula is C22H17ClN2. The largest absolute Gasteiger partial charge is 0.340 e. The number of hydrogen-bond acceptors (Lipinski definition) is 2. The summed E-state index contributed by atoms with van der Waals surface area (Å²) in [7, 11) is 0. The van der Waals surface area contributed by atoms with Gasteiger partial charge in [0, 0.05) is 21.8 Å². The monoisotopic (exact) mass is 344 g/mol. The lowest BCUT2D eigenvalue weighted by Crippen LogP contribution is -2.10. The maximum Gasteiger partial charge on any atom is 0.139 e. The lowest BCUT2D eigenvalue weighted by Gasteiger charge is -2.09. The van der Waals surface area contributed by atoms with E-state index in [1.165, 1.54) is 5.56 Å². The molecule has 0 amide bonds. The van der Waals surface area contributed by atoms with Crippen LogP contribution >= 0.6 is 11.6 Å². The molecule has 2 nitrogen and oxygen atoms in total. The first-order chi connectivity index (χ1) is 12.2. The maximum absolute atomic E-state index is 6.00. The van der Waals surface area contributed by atoms with Crippen molar-refractivity contribution in [3.05, 3.63) is 94.5 Å². The highest BCUT2D eigenvalue weighted by atomic mass is 35.5. The topological polar surface area (TPSA) is 24.4 Å². The highest BCUT2D eigenvalue weighted by Crippen LogP contribution is 2.36. The van der Waals surface area contributed by atoms with Crippen molar-refractivity contribution < 1.29 is 0 Å².